The molecule has 1 aromatic rings. The summed E-state index contributed by atoms with van der Waals surface area (Å²) in [6.07, 6.45) is 3.06. The third-order valence-corrected chi connectivity index (χ3v) is 7.71. The van der Waals surface area contributed by atoms with Crippen LogP contribution in [-0.2, 0) is 10.0 Å². The standard InChI is InChI=1S/C14H20Br2N2O2S/c1-3-9-4-5-13(8(9)2)18-21(19,20)14-11(15)6-10(17)7-12(14)16/h6-9,13,18H,3-5,17H2,1-2H3. The first-order valence-electron chi connectivity index (χ1n) is 7.03. The van der Waals surface area contributed by atoms with Crippen molar-refractivity contribution >= 4 is 47.6 Å². The molecule has 0 radical (unpaired) electrons. The fraction of sp³-hybridized carbons (Fsp3) is 0.571. The van der Waals surface area contributed by atoms with Gasteiger partial charge in [0, 0.05) is 20.7 Å². The molecule has 118 valence electrons. The molecule has 0 aliphatic heterocycles. The van der Waals surface area contributed by atoms with Crippen LogP contribution in [0.3, 0.4) is 0 Å². The monoisotopic (exact) mass is 438 g/mol. The first-order valence-corrected chi connectivity index (χ1v) is 10.1. The van der Waals surface area contributed by atoms with Crippen LogP contribution < -0.4 is 10.5 Å². The van der Waals surface area contributed by atoms with Crippen molar-refractivity contribution in [3.63, 3.8) is 0 Å². The van der Waals surface area contributed by atoms with E-state index in [9.17, 15) is 8.42 Å². The summed E-state index contributed by atoms with van der Waals surface area (Å²) in [5.74, 6) is 0.951. The van der Waals surface area contributed by atoms with Gasteiger partial charge in [-0.05, 0) is 68.7 Å². The molecule has 7 heteroatoms. The van der Waals surface area contributed by atoms with Gasteiger partial charge in [0.1, 0.15) is 4.90 Å². The van der Waals surface area contributed by atoms with Gasteiger partial charge in [-0.1, -0.05) is 20.3 Å². The second-order valence-corrected chi connectivity index (χ2v) is 9.01. The maximum Gasteiger partial charge on any atom is 0.243 e. The van der Waals surface area contributed by atoms with Crippen LogP contribution >= 0.6 is 31.9 Å². The Bertz CT molecular complexity index is 611. The topological polar surface area (TPSA) is 72.2 Å². The molecule has 1 fully saturated rings. The molecule has 1 saturated carbocycles. The van der Waals surface area contributed by atoms with E-state index in [1.807, 2.05) is 0 Å². The highest BCUT2D eigenvalue weighted by Crippen LogP contribution is 2.37. The Morgan fingerprint density at radius 1 is 1.29 bits per heavy atom. The fourth-order valence-corrected chi connectivity index (χ4v) is 7.07. The molecule has 0 saturated heterocycles. The largest absolute Gasteiger partial charge is 0.399 e. The lowest BCUT2D eigenvalue weighted by Crippen LogP contribution is -2.37. The lowest BCUT2D eigenvalue weighted by Gasteiger charge is -2.21. The Balaban J connectivity index is 2.28. The smallest absolute Gasteiger partial charge is 0.243 e. The lowest BCUT2D eigenvalue weighted by atomic mass is 9.94. The Morgan fingerprint density at radius 2 is 1.86 bits per heavy atom. The van der Waals surface area contributed by atoms with Crippen molar-refractivity contribution in [3.8, 4) is 0 Å². The van der Waals surface area contributed by atoms with Gasteiger partial charge in [0.15, 0.2) is 0 Å². The first kappa shape index (κ1) is 17.2. The van der Waals surface area contributed by atoms with Crippen LogP contribution in [0.1, 0.15) is 33.1 Å². The Labute approximate surface area is 143 Å². The first-order chi connectivity index (χ1) is 9.76. The number of rotatable bonds is 4. The predicted molar refractivity (Wildman–Crippen MR) is 92.5 cm³/mol. The molecule has 3 unspecified atom stereocenters. The molecule has 21 heavy (non-hydrogen) atoms. The molecule has 1 aliphatic rings. The van der Waals surface area contributed by atoms with Crippen LogP contribution in [0.25, 0.3) is 0 Å². The predicted octanol–water partition coefficient (Wildman–Crippen LogP) is 3.90. The van der Waals surface area contributed by atoms with Crippen LogP contribution in [0.5, 0.6) is 0 Å². The van der Waals surface area contributed by atoms with Crippen molar-refractivity contribution in [1.29, 1.82) is 0 Å². The zero-order valence-corrected chi connectivity index (χ0v) is 16.1. The molecule has 2 rings (SSSR count). The van der Waals surface area contributed by atoms with Gasteiger partial charge < -0.3 is 5.73 Å². The summed E-state index contributed by atoms with van der Waals surface area (Å²) in [6, 6.07) is 3.20. The van der Waals surface area contributed by atoms with E-state index in [-0.39, 0.29) is 10.9 Å². The number of anilines is 1. The number of nitrogens with two attached hydrogens (primary N) is 1. The maximum atomic E-state index is 12.7. The second kappa shape index (κ2) is 6.56. The van der Waals surface area contributed by atoms with Crippen LogP contribution in [0.15, 0.2) is 26.0 Å². The van der Waals surface area contributed by atoms with Crippen molar-refractivity contribution in [2.75, 3.05) is 5.73 Å². The average molecular weight is 440 g/mol. The molecular formula is C14H20Br2N2O2S. The van der Waals surface area contributed by atoms with Gasteiger partial charge in [-0.2, -0.15) is 0 Å². The Kier molecular flexibility index (Phi) is 5.39. The Morgan fingerprint density at radius 3 is 2.33 bits per heavy atom. The van der Waals surface area contributed by atoms with Gasteiger partial charge in [-0.25, -0.2) is 13.1 Å². The minimum absolute atomic E-state index is 0.00342. The maximum absolute atomic E-state index is 12.7. The SMILES string of the molecule is CCC1CCC(NS(=O)(=O)c2c(Br)cc(N)cc2Br)C1C. The van der Waals surface area contributed by atoms with E-state index in [2.05, 4.69) is 50.4 Å². The summed E-state index contributed by atoms with van der Waals surface area (Å²) >= 11 is 6.59. The molecule has 0 bridgehead atoms. The number of nitrogens with one attached hydrogen (secondary N) is 1. The van der Waals surface area contributed by atoms with Gasteiger partial charge in [0.05, 0.1) is 0 Å². The van der Waals surface area contributed by atoms with E-state index in [0.29, 0.717) is 26.5 Å². The summed E-state index contributed by atoms with van der Waals surface area (Å²) < 4.78 is 29.1. The van der Waals surface area contributed by atoms with E-state index in [0.717, 1.165) is 19.3 Å². The van der Waals surface area contributed by atoms with Gasteiger partial charge >= 0.3 is 0 Å². The highest BCUT2D eigenvalue weighted by molar-refractivity contribution is 9.11. The zero-order valence-electron chi connectivity index (χ0n) is 12.1. The van der Waals surface area contributed by atoms with E-state index < -0.39 is 10.0 Å². The quantitative estimate of drug-likeness (QED) is 0.698. The van der Waals surface area contributed by atoms with E-state index in [4.69, 9.17) is 5.73 Å². The van der Waals surface area contributed by atoms with Crippen LogP contribution in [0, 0.1) is 11.8 Å². The fourth-order valence-electron chi connectivity index (χ4n) is 3.08. The lowest BCUT2D eigenvalue weighted by molar-refractivity contribution is 0.368. The number of halogens is 2. The normalized spacial score (nSPS) is 26.2. The molecule has 0 spiro atoms. The number of hydrogen-bond donors (Lipinski definition) is 2. The van der Waals surface area contributed by atoms with Crippen molar-refractivity contribution in [2.45, 2.75) is 44.0 Å². The van der Waals surface area contributed by atoms with Gasteiger partial charge in [0.2, 0.25) is 10.0 Å². The minimum atomic E-state index is -3.59. The molecule has 0 aromatic heterocycles. The second-order valence-electron chi connectivity index (χ2n) is 5.65. The van der Waals surface area contributed by atoms with E-state index in [1.165, 1.54) is 0 Å². The van der Waals surface area contributed by atoms with Crippen LogP contribution in [0.2, 0.25) is 0 Å². The van der Waals surface area contributed by atoms with Gasteiger partial charge in [-0.15, -0.1) is 0 Å². The van der Waals surface area contributed by atoms with Gasteiger partial charge in [0.25, 0.3) is 0 Å². The van der Waals surface area contributed by atoms with Crippen molar-refractivity contribution in [2.24, 2.45) is 11.8 Å². The number of sulfonamides is 1. The molecule has 3 atom stereocenters. The third kappa shape index (κ3) is 3.63. The summed E-state index contributed by atoms with van der Waals surface area (Å²) in [7, 11) is -3.59. The Hall–Kier alpha value is -0.110. The van der Waals surface area contributed by atoms with Crippen molar-refractivity contribution in [3.05, 3.63) is 21.1 Å². The molecule has 4 nitrogen and oxygen atoms in total. The van der Waals surface area contributed by atoms with Crippen LogP contribution in [0.4, 0.5) is 5.69 Å². The molecule has 3 N–H and O–H groups in total. The number of benzene rings is 1. The average Bonchev–Trinajstić information content (AvgIpc) is 2.68. The van der Waals surface area contributed by atoms with E-state index in [1.54, 1.807) is 12.1 Å². The number of hydrogen-bond acceptors (Lipinski definition) is 3. The zero-order chi connectivity index (χ0) is 15.8. The summed E-state index contributed by atoms with van der Waals surface area (Å²) in [4.78, 5) is 0.212. The molecule has 1 aliphatic carbocycles. The molecule has 0 amide bonds. The summed E-state index contributed by atoms with van der Waals surface area (Å²) in [5.41, 5.74) is 6.23. The van der Waals surface area contributed by atoms with E-state index >= 15 is 0 Å². The van der Waals surface area contributed by atoms with Crippen molar-refractivity contribution in [1.82, 2.24) is 4.72 Å². The minimum Gasteiger partial charge on any atom is -0.399 e. The molecular weight excluding hydrogens is 420 g/mol. The molecule has 1 aromatic carbocycles. The third-order valence-electron chi connectivity index (χ3n) is 4.35. The highest BCUT2D eigenvalue weighted by Gasteiger charge is 2.35. The summed E-state index contributed by atoms with van der Waals surface area (Å²) in [5, 5.41) is 0. The highest BCUT2D eigenvalue weighted by atomic mass is 79.9. The molecule has 0 heterocycles. The van der Waals surface area contributed by atoms with Crippen LogP contribution in [-0.4, -0.2) is 14.5 Å². The van der Waals surface area contributed by atoms with Crippen molar-refractivity contribution < 1.29 is 8.42 Å². The van der Waals surface area contributed by atoms with Gasteiger partial charge in [-0.3, -0.25) is 0 Å². The summed E-state index contributed by atoms with van der Waals surface area (Å²) in [6.45, 7) is 4.28. The number of nitrogen functional groups attached to an aromatic ring is 1.